The zero-order valence-corrected chi connectivity index (χ0v) is 11.7. The van der Waals surface area contributed by atoms with E-state index in [0.717, 1.165) is 22.7 Å². The lowest BCUT2D eigenvalue weighted by atomic mass is 9.92. The van der Waals surface area contributed by atoms with Gasteiger partial charge in [0.1, 0.15) is 0 Å². The molecule has 0 amide bonds. The Bertz CT molecular complexity index is 575. The van der Waals surface area contributed by atoms with E-state index < -0.39 is 0 Å². The summed E-state index contributed by atoms with van der Waals surface area (Å²) in [6.07, 6.45) is 4.67. The maximum Gasteiger partial charge on any atom is 0.186 e. The highest BCUT2D eigenvalue weighted by atomic mass is 32.1. The smallest absolute Gasteiger partial charge is 0.186 e. The minimum Gasteiger partial charge on any atom is -0.348 e. The quantitative estimate of drug-likeness (QED) is 0.797. The lowest BCUT2D eigenvalue weighted by molar-refractivity contribution is 0.112. The summed E-state index contributed by atoms with van der Waals surface area (Å²) < 4.78 is 0. The van der Waals surface area contributed by atoms with Crippen molar-refractivity contribution in [1.82, 2.24) is 4.98 Å². The van der Waals surface area contributed by atoms with Crippen LogP contribution in [0, 0.1) is 0 Å². The van der Waals surface area contributed by atoms with E-state index in [9.17, 15) is 4.79 Å². The average molecular weight is 272 g/mol. The Morgan fingerprint density at radius 1 is 1.32 bits per heavy atom. The predicted octanol–water partition coefficient (Wildman–Crippen LogP) is 3.61. The highest BCUT2D eigenvalue weighted by molar-refractivity contribution is 7.17. The second-order valence-corrected chi connectivity index (χ2v) is 5.90. The van der Waals surface area contributed by atoms with E-state index in [1.165, 1.54) is 30.6 Å². The summed E-state index contributed by atoms with van der Waals surface area (Å²) in [5.74, 6) is 0. The molecule has 0 N–H and O–H groups in total. The number of benzene rings is 1. The third-order valence-corrected chi connectivity index (χ3v) is 4.79. The summed E-state index contributed by atoms with van der Waals surface area (Å²) in [6.45, 7) is 0. The summed E-state index contributed by atoms with van der Waals surface area (Å²) in [4.78, 5) is 18.8. The zero-order chi connectivity index (χ0) is 13.2. The molecule has 1 aliphatic rings. The van der Waals surface area contributed by atoms with E-state index in [0.29, 0.717) is 10.9 Å². The van der Waals surface area contributed by atoms with Gasteiger partial charge >= 0.3 is 0 Å². The fourth-order valence-electron chi connectivity index (χ4n) is 2.28. The van der Waals surface area contributed by atoms with Crippen LogP contribution in [0.15, 0.2) is 30.3 Å². The molecular weight excluding hydrogens is 256 g/mol. The normalized spacial score (nSPS) is 15.0. The second kappa shape index (κ2) is 5.13. The molecule has 0 spiro atoms. The molecule has 3 nitrogen and oxygen atoms in total. The fraction of sp³-hybridized carbons (Fsp3) is 0.333. The van der Waals surface area contributed by atoms with Crippen molar-refractivity contribution >= 4 is 22.8 Å². The number of aromatic nitrogens is 1. The van der Waals surface area contributed by atoms with Gasteiger partial charge in [0.2, 0.25) is 0 Å². The van der Waals surface area contributed by atoms with Gasteiger partial charge in [-0.15, -0.1) is 0 Å². The molecule has 2 aromatic rings. The first-order valence-corrected chi connectivity index (χ1v) is 7.35. The SMILES string of the molecule is CN(c1nc(-c2ccccc2)c(C=O)s1)C1CCC1. The van der Waals surface area contributed by atoms with Crippen LogP contribution in [-0.2, 0) is 0 Å². The van der Waals surface area contributed by atoms with E-state index in [-0.39, 0.29) is 0 Å². The fourth-order valence-corrected chi connectivity index (χ4v) is 3.22. The average Bonchev–Trinajstić information content (AvgIpc) is 2.82. The molecule has 19 heavy (non-hydrogen) atoms. The van der Waals surface area contributed by atoms with Crippen molar-refractivity contribution in [3.05, 3.63) is 35.2 Å². The van der Waals surface area contributed by atoms with Crippen molar-refractivity contribution < 1.29 is 4.79 Å². The van der Waals surface area contributed by atoms with Gasteiger partial charge in [0.15, 0.2) is 11.4 Å². The maximum atomic E-state index is 11.2. The van der Waals surface area contributed by atoms with Gasteiger partial charge in [0.05, 0.1) is 10.6 Å². The van der Waals surface area contributed by atoms with E-state index in [1.807, 2.05) is 30.3 Å². The van der Waals surface area contributed by atoms with Gasteiger partial charge in [-0.3, -0.25) is 4.79 Å². The van der Waals surface area contributed by atoms with Gasteiger partial charge in [-0.2, -0.15) is 0 Å². The lowest BCUT2D eigenvalue weighted by Gasteiger charge is -2.34. The minimum atomic E-state index is 0.592. The van der Waals surface area contributed by atoms with Crippen LogP contribution < -0.4 is 4.90 Å². The van der Waals surface area contributed by atoms with Crippen molar-refractivity contribution in [2.75, 3.05) is 11.9 Å². The molecule has 98 valence electrons. The molecule has 0 atom stereocenters. The predicted molar refractivity (Wildman–Crippen MR) is 79.0 cm³/mol. The third kappa shape index (κ3) is 2.28. The Hall–Kier alpha value is -1.68. The van der Waals surface area contributed by atoms with Gasteiger partial charge in [0.25, 0.3) is 0 Å². The highest BCUT2D eigenvalue weighted by Crippen LogP contribution is 2.35. The summed E-state index contributed by atoms with van der Waals surface area (Å²) >= 11 is 1.49. The first kappa shape index (κ1) is 12.4. The van der Waals surface area contributed by atoms with E-state index in [1.54, 1.807) is 0 Å². The molecule has 1 saturated carbocycles. The molecule has 1 fully saturated rings. The molecule has 1 aromatic carbocycles. The Labute approximate surface area is 116 Å². The number of carbonyl (C=O) groups excluding carboxylic acids is 1. The van der Waals surface area contributed by atoms with Crippen LogP contribution in [0.5, 0.6) is 0 Å². The topological polar surface area (TPSA) is 33.2 Å². The molecule has 3 rings (SSSR count). The molecule has 0 unspecified atom stereocenters. The van der Waals surface area contributed by atoms with Gasteiger partial charge in [-0.25, -0.2) is 4.98 Å². The number of carbonyl (C=O) groups is 1. The molecule has 0 bridgehead atoms. The number of aldehydes is 1. The molecule has 1 aromatic heterocycles. The van der Waals surface area contributed by atoms with Crippen LogP contribution in [0.25, 0.3) is 11.3 Å². The van der Waals surface area contributed by atoms with Crippen molar-refractivity contribution in [2.24, 2.45) is 0 Å². The summed E-state index contributed by atoms with van der Waals surface area (Å²) in [7, 11) is 2.08. The number of hydrogen-bond acceptors (Lipinski definition) is 4. The van der Waals surface area contributed by atoms with Gasteiger partial charge in [0, 0.05) is 18.7 Å². The Morgan fingerprint density at radius 2 is 2.05 bits per heavy atom. The van der Waals surface area contributed by atoms with Crippen LogP contribution in [0.4, 0.5) is 5.13 Å². The van der Waals surface area contributed by atoms with Gasteiger partial charge in [-0.1, -0.05) is 41.7 Å². The van der Waals surface area contributed by atoms with Crippen LogP contribution in [0.2, 0.25) is 0 Å². The molecule has 4 heteroatoms. The maximum absolute atomic E-state index is 11.2. The number of anilines is 1. The Kier molecular flexibility index (Phi) is 3.34. The molecule has 0 radical (unpaired) electrons. The summed E-state index contributed by atoms with van der Waals surface area (Å²) in [5, 5.41) is 0.950. The molecule has 0 saturated heterocycles. The molecule has 0 aliphatic heterocycles. The number of rotatable bonds is 4. The first-order valence-electron chi connectivity index (χ1n) is 6.54. The second-order valence-electron chi connectivity index (χ2n) is 4.89. The lowest BCUT2D eigenvalue weighted by Crippen LogP contribution is -2.36. The molecule has 1 heterocycles. The summed E-state index contributed by atoms with van der Waals surface area (Å²) in [5.41, 5.74) is 1.82. The minimum absolute atomic E-state index is 0.592. The number of thiazole rings is 1. The Balaban J connectivity index is 1.96. The van der Waals surface area contributed by atoms with Crippen LogP contribution in [0.3, 0.4) is 0 Å². The first-order chi connectivity index (χ1) is 9.29. The van der Waals surface area contributed by atoms with Crippen molar-refractivity contribution in [3.63, 3.8) is 0 Å². The largest absolute Gasteiger partial charge is 0.348 e. The van der Waals surface area contributed by atoms with E-state index >= 15 is 0 Å². The van der Waals surface area contributed by atoms with Crippen molar-refractivity contribution in [2.45, 2.75) is 25.3 Å². The van der Waals surface area contributed by atoms with Crippen molar-refractivity contribution in [1.29, 1.82) is 0 Å². The highest BCUT2D eigenvalue weighted by Gasteiger charge is 2.25. The number of hydrogen-bond donors (Lipinski definition) is 0. The van der Waals surface area contributed by atoms with Crippen LogP contribution in [0.1, 0.15) is 28.9 Å². The Morgan fingerprint density at radius 3 is 2.63 bits per heavy atom. The van der Waals surface area contributed by atoms with Gasteiger partial charge in [-0.05, 0) is 19.3 Å². The third-order valence-electron chi connectivity index (χ3n) is 3.72. The zero-order valence-electron chi connectivity index (χ0n) is 10.9. The van der Waals surface area contributed by atoms with Gasteiger partial charge < -0.3 is 4.90 Å². The van der Waals surface area contributed by atoms with E-state index in [2.05, 4.69) is 16.9 Å². The standard InChI is InChI=1S/C15H16N2OS/c1-17(12-8-5-9-12)15-16-14(13(10-18)19-15)11-6-3-2-4-7-11/h2-4,6-7,10,12H,5,8-9H2,1H3. The van der Waals surface area contributed by atoms with Crippen LogP contribution >= 0.6 is 11.3 Å². The van der Waals surface area contributed by atoms with Crippen molar-refractivity contribution in [3.8, 4) is 11.3 Å². The summed E-state index contributed by atoms with van der Waals surface area (Å²) in [6, 6.07) is 10.5. The monoisotopic (exact) mass is 272 g/mol. The molecule has 1 aliphatic carbocycles. The van der Waals surface area contributed by atoms with E-state index in [4.69, 9.17) is 0 Å². The number of nitrogens with zero attached hydrogens (tertiary/aromatic N) is 2. The van der Waals surface area contributed by atoms with Crippen LogP contribution in [-0.4, -0.2) is 24.4 Å². The molecular formula is C15H16N2OS.